The molecule has 0 bridgehead atoms. The molecule has 0 saturated carbocycles. The zero-order chi connectivity index (χ0) is 13.9. The van der Waals surface area contributed by atoms with Crippen LogP contribution >= 0.6 is 11.6 Å². The molecule has 1 aliphatic heterocycles. The first-order valence-corrected chi connectivity index (χ1v) is 6.96. The molecule has 18 heavy (non-hydrogen) atoms. The number of likely N-dealkylation sites (N-methyl/N-ethyl adjacent to an activating group) is 1. The molecule has 2 rings (SSSR count). The van der Waals surface area contributed by atoms with E-state index in [4.69, 9.17) is 11.6 Å². The third-order valence-electron chi connectivity index (χ3n) is 3.14. The highest BCUT2D eigenvalue weighted by molar-refractivity contribution is 6.31. The van der Waals surface area contributed by atoms with Crippen LogP contribution in [0, 0.1) is 0 Å². The number of hydrogen-bond acceptors (Lipinski definition) is 1. The van der Waals surface area contributed by atoms with Gasteiger partial charge in [0.25, 0.3) is 5.91 Å². The van der Waals surface area contributed by atoms with E-state index in [0.29, 0.717) is 10.9 Å². The van der Waals surface area contributed by atoms with Gasteiger partial charge in [0.1, 0.15) is 0 Å². The van der Waals surface area contributed by atoms with Crippen molar-refractivity contribution in [2.24, 2.45) is 0 Å². The molecule has 0 atom stereocenters. The minimum atomic E-state index is 0.0819. The lowest BCUT2D eigenvalue weighted by atomic mass is 9.93. The first-order chi connectivity index (χ1) is 8.50. The molecule has 1 amide bonds. The molecule has 1 aliphatic rings. The highest BCUT2D eigenvalue weighted by Gasteiger charge is 2.23. The van der Waals surface area contributed by atoms with Crippen LogP contribution in [0.1, 0.15) is 55.1 Å². The minimum Gasteiger partial charge on any atom is -0.341 e. The van der Waals surface area contributed by atoms with Crippen molar-refractivity contribution < 1.29 is 4.79 Å². The number of fused-ring (bicyclic) bond motifs is 1. The number of benzene rings is 1. The summed E-state index contributed by atoms with van der Waals surface area (Å²) in [6, 6.07) is 3.91. The summed E-state index contributed by atoms with van der Waals surface area (Å²) in [4.78, 5) is 13.7. The van der Waals surface area contributed by atoms with Gasteiger partial charge in [0.2, 0.25) is 0 Å². The Bertz CT molecular complexity index is 440. The Hall–Kier alpha value is -1.02. The molecular formula is C15H22ClNO. The van der Waals surface area contributed by atoms with E-state index in [9.17, 15) is 4.79 Å². The summed E-state index contributed by atoms with van der Waals surface area (Å²) in [5.74, 6) is 0.478. The predicted octanol–water partition coefficient (Wildman–Crippen LogP) is 4.12. The van der Waals surface area contributed by atoms with Gasteiger partial charge in [-0.3, -0.25) is 4.79 Å². The average molecular weight is 268 g/mol. The molecule has 0 fully saturated rings. The van der Waals surface area contributed by atoms with E-state index in [1.54, 1.807) is 4.90 Å². The van der Waals surface area contributed by atoms with Crippen molar-refractivity contribution in [3.8, 4) is 0 Å². The summed E-state index contributed by atoms with van der Waals surface area (Å²) in [7, 11) is 1.83. The molecule has 0 aromatic heterocycles. The van der Waals surface area contributed by atoms with E-state index in [2.05, 4.69) is 19.9 Å². The molecular weight excluding hydrogens is 246 g/mol. The molecule has 0 N–H and O–H groups in total. The number of amides is 1. The highest BCUT2D eigenvalue weighted by Crippen LogP contribution is 2.30. The van der Waals surface area contributed by atoms with Gasteiger partial charge >= 0.3 is 0 Å². The molecule has 0 spiro atoms. The molecule has 3 heteroatoms. The van der Waals surface area contributed by atoms with Gasteiger partial charge in [0.15, 0.2) is 0 Å². The van der Waals surface area contributed by atoms with Crippen LogP contribution in [0.4, 0.5) is 0 Å². The third kappa shape index (κ3) is 2.86. The van der Waals surface area contributed by atoms with Crippen LogP contribution in [0.3, 0.4) is 0 Å². The second-order valence-electron chi connectivity index (χ2n) is 4.66. The van der Waals surface area contributed by atoms with Crippen LogP contribution in [-0.2, 0) is 6.42 Å². The molecule has 0 aliphatic carbocycles. The number of carbonyl (C=O) groups is 1. The summed E-state index contributed by atoms with van der Waals surface area (Å²) in [6.45, 7) is 9.03. The van der Waals surface area contributed by atoms with E-state index in [0.717, 1.165) is 29.7 Å². The monoisotopic (exact) mass is 267 g/mol. The third-order valence-corrected chi connectivity index (χ3v) is 3.47. The molecule has 1 aromatic carbocycles. The first-order valence-electron chi connectivity index (χ1n) is 6.58. The molecule has 100 valence electrons. The second-order valence-corrected chi connectivity index (χ2v) is 5.07. The van der Waals surface area contributed by atoms with Crippen molar-refractivity contribution in [3.63, 3.8) is 0 Å². The first kappa shape index (κ1) is 15.0. The van der Waals surface area contributed by atoms with Gasteiger partial charge in [-0.25, -0.2) is 0 Å². The predicted molar refractivity (Wildman–Crippen MR) is 77.6 cm³/mol. The summed E-state index contributed by atoms with van der Waals surface area (Å²) < 4.78 is 0. The lowest BCUT2D eigenvalue weighted by Crippen LogP contribution is -2.34. The second kappa shape index (κ2) is 6.24. The molecule has 0 saturated heterocycles. The van der Waals surface area contributed by atoms with Gasteiger partial charge in [0, 0.05) is 24.2 Å². The van der Waals surface area contributed by atoms with Gasteiger partial charge in [-0.15, -0.1) is 0 Å². The highest BCUT2D eigenvalue weighted by atomic mass is 35.5. The van der Waals surface area contributed by atoms with E-state index in [1.807, 2.05) is 27.0 Å². The van der Waals surface area contributed by atoms with Gasteiger partial charge in [-0.05, 0) is 29.5 Å². The Kier molecular flexibility index (Phi) is 5.21. The largest absolute Gasteiger partial charge is 0.341 e. The topological polar surface area (TPSA) is 20.3 Å². The van der Waals surface area contributed by atoms with Gasteiger partial charge < -0.3 is 4.90 Å². The van der Waals surface area contributed by atoms with Crippen molar-refractivity contribution in [2.75, 3.05) is 13.6 Å². The Labute approximate surface area is 115 Å². The van der Waals surface area contributed by atoms with Gasteiger partial charge in [-0.1, -0.05) is 45.4 Å². The van der Waals surface area contributed by atoms with E-state index in [1.165, 1.54) is 0 Å². The summed E-state index contributed by atoms with van der Waals surface area (Å²) in [5, 5.41) is 0.706. The van der Waals surface area contributed by atoms with Gasteiger partial charge in [-0.2, -0.15) is 0 Å². The Balaban J connectivity index is 0.000000771. The van der Waals surface area contributed by atoms with Crippen LogP contribution in [0.5, 0.6) is 0 Å². The summed E-state index contributed by atoms with van der Waals surface area (Å²) in [6.07, 6.45) is 0.925. The average Bonchev–Trinajstić information content (AvgIpc) is 2.36. The standard InChI is InChI=1S/C13H16ClNO.C2H6/c1-8(2)10-6-9-4-5-15(3)13(16)11(9)7-12(10)14;1-2/h6-8H,4-5H2,1-3H3;1-2H3. The van der Waals surface area contributed by atoms with Crippen LogP contribution in [-0.4, -0.2) is 24.4 Å². The zero-order valence-corrected chi connectivity index (χ0v) is 12.6. The maximum atomic E-state index is 11.9. The maximum Gasteiger partial charge on any atom is 0.253 e. The fourth-order valence-corrected chi connectivity index (χ4v) is 2.46. The van der Waals surface area contributed by atoms with Crippen LogP contribution < -0.4 is 0 Å². The smallest absolute Gasteiger partial charge is 0.253 e. The normalized spacial score (nSPS) is 14.2. The lowest BCUT2D eigenvalue weighted by Gasteiger charge is -2.26. The number of hydrogen-bond donors (Lipinski definition) is 0. The molecule has 2 nitrogen and oxygen atoms in total. The van der Waals surface area contributed by atoms with Crippen molar-refractivity contribution in [3.05, 3.63) is 33.8 Å². The molecule has 0 radical (unpaired) electrons. The number of halogens is 1. The fraction of sp³-hybridized carbons (Fsp3) is 0.533. The number of carbonyl (C=O) groups excluding carboxylic acids is 1. The van der Waals surface area contributed by atoms with Crippen molar-refractivity contribution in [2.45, 2.75) is 40.0 Å². The van der Waals surface area contributed by atoms with Crippen molar-refractivity contribution in [1.29, 1.82) is 0 Å². The number of rotatable bonds is 1. The van der Waals surface area contributed by atoms with E-state index in [-0.39, 0.29) is 5.91 Å². The van der Waals surface area contributed by atoms with E-state index >= 15 is 0 Å². The van der Waals surface area contributed by atoms with Crippen LogP contribution in [0.15, 0.2) is 12.1 Å². The minimum absolute atomic E-state index is 0.0819. The SMILES string of the molecule is CC.CC(C)c1cc2c(cc1Cl)C(=O)N(C)CC2. The van der Waals surface area contributed by atoms with Crippen molar-refractivity contribution >= 4 is 17.5 Å². The summed E-state index contributed by atoms with van der Waals surface area (Å²) >= 11 is 6.20. The zero-order valence-electron chi connectivity index (χ0n) is 11.9. The Morgan fingerprint density at radius 1 is 1.28 bits per heavy atom. The van der Waals surface area contributed by atoms with E-state index < -0.39 is 0 Å². The summed E-state index contributed by atoms with van der Waals surface area (Å²) in [5.41, 5.74) is 3.04. The van der Waals surface area contributed by atoms with Crippen LogP contribution in [0.2, 0.25) is 5.02 Å². The van der Waals surface area contributed by atoms with Gasteiger partial charge in [0.05, 0.1) is 0 Å². The number of nitrogens with zero attached hydrogens (tertiary/aromatic N) is 1. The Morgan fingerprint density at radius 2 is 1.89 bits per heavy atom. The quantitative estimate of drug-likeness (QED) is 0.750. The fourth-order valence-electron chi connectivity index (χ4n) is 2.08. The van der Waals surface area contributed by atoms with Crippen molar-refractivity contribution in [1.82, 2.24) is 4.90 Å². The Morgan fingerprint density at radius 3 is 2.44 bits per heavy atom. The van der Waals surface area contributed by atoms with Crippen LogP contribution in [0.25, 0.3) is 0 Å². The molecule has 1 heterocycles. The maximum absolute atomic E-state index is 11.9. The lowest BCUT2D eigenvalue weighted by molar-refractivity contribution is 0.0781. The molecule has 1 aromatic rings. The molecule has 0 unspecified atom stereocenters.